The Morgan fingerprint density at radius 2 is 1.84 bits per heavy atom. The predicted octanol–water partition coefficient (Wildman–Crippen LogP) is 2.24. The van der Waals surface area contributed by atoms with Gasteiger partial charge in [-0.15, -0.1) is 0 Å². The summed E-state index contributed by atoms with van der Waals surface area (Å²) in [6, 6.07) is 10.1. The molecule has 2 N–H and O–H groups in total. The van der Waals surface area contributed by atoms with Crippen molar-refractivity contribution in [1.29, 1.82) is 0 Å². The van der Waals surface area contributed by atoms with Crippen molar-refractivity contribution in [3.05, 3.63) is 35.9 Å². The Morgan fingerprint density at radius 1 is 1.13 bits per heavy atom. The van der Waals surface area contributed by atoms with Gasteiger partial charge in [-0.05, 0) is 18.4 Å². The van der Waals surface area contributed by atoms with Gasteiger partial charge < -0.3 is 20.3 Å². The summed E-state index contributed by atoms with van der Waals surface area (Å²) in [4.78, 5) is 21.3. The quantitative estimate of drug-likeness (QED) is 0.490. The van der Waals surface area contributed by atoms with Gasteiger partial charge in [0.1, 0.15) is 0 Å². The first-order valence-corrected chi connectivity index (χ1v) is 11.7. The van der Waals surface area contributed by atoms with E-state index in [4.69, 9.17) is 4.74 Å². The Kier molecular flexibility index (Phi) is 9.15. The molecule has 1 aromatic rings. The third kappa shape index (κ3) is 6.94. The number of carbonyl (C=O) groups is 1. The lowest BCUT2D eigenvalue weighted by Gasteiger charge is -2.48. The molecule has 7 heteroatoms. The summed E-state index contributed by atoms with van der Waals surface area (Å²) < 4.78 is 5.58. The van der Waals surface area contributed by atoms with Crippen LogP contribution in [0.5, 0.6) is 0 Å². The van der Waals surface area contributed by atoms with Crippen molar-refractivity contribution in [2.24, 2.45) is 4.99 Å². The van der Waals surface area contributed by atoms with Gasteiger partial charge >= 0.3 is 0 Å². The van der Waals surface area contributed by atoms with Gasteiger partial charge in [-0.1, -0.05) is 49.6 Å². The number of nitrogens with zero attached hydrogens (tertiary/aromatic N) is 3. The van der Waals surface area contributed by atoms with E-state index in [0.717, 1.165) is 44.4 Å². The number of hydrogen-bond donors (Lipinski definition) is 2. The number of guanidine groups is 1. The second-order valence-corrected chi connectivity index (χ2v) is 8.72. The van der Waals surface area contributed by atoms with Crippen LogP contribution in [-0.4, -0.2) is 80.7 Å². The van der Waals surface area contributed by atoms with Crippen LogP contribution in [0.4, 0.5) is 0 Å². The maximum absolute atomic E-state index is 12.5. The van der Waals surface area contributed by atoms with Crippen molar-refractivity contribution in [1.82, 2.24) is 20.4 Å². The smallest absolute Gasteiger partial charge is 0.224 e. The van der Waals surface area contributed by atoms with Gasteiger partial charge in [-0.2, -0.15) is 0 Å². The van der Waals surface area contributed by atoms with Crippen LogP contribution in [0.2, 0.25) is 0 Å². The van der Waals surface area contributed by atoms with Crippen molar-refractivity contribution in [2.75, 3.05) is 53.5 Å². The maximum Gasteiger partial charge on any atom is 0.224 e. The summed E-state index contributed by atoms with van der Waals surface area (Å²) in [6.07, 6.45) is 6.79. The van der Waals surface area contributed by atoms with E-state index in [2.05, 4.69) is 20.5 Å². The van der Waals surface area contributed by atoms with Gasteiger partial charge in [-0.25, -0.2) is 0 Å². The first-order chi connectivity index (χ1) is 15.1. The van der Waals surface area contributed by atoms with E-state index in [1.165, 1.54) is 32.1 Å². The summed E-state index contributed by atoms with van der Waals surface area (Å²) in [5.74, 6) is 0.903. The second-order valence-electron chi connectivity index (χ2n) is 8.72. The highest BCUT2D eigenvalue weighted by molar-refractivity contribution is 5.81. The van der Waals surface area contributed by atoms with Crippen LogP contribution in [0.25, 0.3) is 0 Å². The highest BCUT2D eigenvalue weighted by Gasteiger charge is 2.38. The summed E-state index contributed by atoms with van der Waals surface area (Å²) in [6.45, 7) is 5.76. The molecule has 31 heavy (non-hydrogen) atoms. The fourth-order valence-corrected chi connectivity index (χ4v) is 4.75. The molecular formula is C24H39N5O2. The minimum atomic E-state index is 0.129. The molecule has 1 aromatic carbocycles. The Morgan fingerprint density at radius 3 is 2.52 bits per heavy atom. The zero-order valence-electron chi connectivity index (χ0n) is 19.2. The van der Waals surface area contributed by atoms with E-state index in [9.17, 15) is 4.79 Å². The van der Waals surface area contributed by atoms with Gasteiger partial charge in [-0.3, -0.25) is 14.7 Å². The minimum Gasteiger partial charge on any atom is -0.379 e. The third-order valence-corrected chi connectivity index (χ3v) is 6.59. The summed E-state index contributed by atoms with van der Waals surface area (Å²) >= 11 is 0. The van der Waals surface area contributed by atoms with E-state index in [1.807, 2.05) is 37.4 Å². The molecule has 172 valence electrons. The summed E-state index contributed by atoms with van der Waals surface area (Å²) in [5.41, 5.74) is 1.33. The SMILES string of the molecule is CN=C(NCCC(=O)N(C)Cc1ccccc1)NCC1(N2CCOCC2)CCCCC1. The predicted molar refractivity (Wildman–Crippen MR) is 125 cm³/mol. The largest absolute Gasteiger partial charge is 0.379 e. The zero-order chi connectivity index (χ0) is 21.9. The number of nitrogens with one attached hydrogen (secondary N) is 2. The highest BCUT2D eigenvalue weighted by atomic mass is 16.5. The lowest BCUT2D eigenvalue weighted by molar-refractivity contribution is -0.130. The Hall–Kier alpha value is -2.12. The van der Waals surface area contributed by atoms with Gasteiger partial charge in [0.25, 0.3) is 0 Å². The van der Waals surface area contributed by atoms with E-state index in [1.54, 1.807) is 11.9 Å². The Bertz CT molecular complexity index is 697. The Balaban J connectivity index is 1.44. The number of aliphatic imine (C=N–C) groups is 1. The van der Waals surface area contributed by atoms with Crippen molar-refractivity contribution < 1.29 is 9.53 Å². The maximum atomic E-state index is 12.5. The fourth-order valence-electron chi connectivity index (χ4n) is 4.75. The van der Waals surface area contributed by atoms with Crippen LogP contribution in [0.3, 0.4) is 0 Å². The van der Waals surface area contributed by atoms with Crippen LogP contribution >= 0.6 is 0 Å². The number of ether oxygens (including phenoxy) is 1. The van der Waals surface area contributed by atoms with Crippen LogP contribution in [-0.2, 0) is 16.1 Å². The second kappa shape index (κ2) is 12.1. The first kappa shape index (κ1) is 23.5. The van der Waals surface area contributed by atoms with Crippen LogP contribution in [0.1, 0.15) is 44.1 Å². The average molecular weight is 430 g/mol. The monoisotopic (exact) mass is 429 g/mol. The molecule has 0 unspecified atom stereocenters. The third-order valence-electron chi connectivity index (χ3n) is 6.59. The average Bonchev–Trinajstić information content (AvgIpc) is 2.83. The summed E-state index contributed by atoms with van der Waals surface area (Å²) in [7, 11) is 3.65. The molecule has 1 aliphatic heterocycles. The molecule has 0 radical (unpaired) electrons. The molecule has 3 rings (SSSR count). The number of rotatable bonds is 8. The molecule has 1 aliphatic carbocycles. The van der Waals surface area contributed by atoms with Crippen LogP contribution in [0, 0.1) is 0 Å². The number of amides is 1. The molecule has 1 amide bonds. The molecule has 1 saturated carbocycles. The van der Waals surface area contributed by atoms with Crippen molar-refractivity contribution in [2.45, 2.75) is 50.6 Å². The number of morpholine rings is 1. The van der Waals surface area contributed by atoms with Crippen molar-refractivity contribution in [3.8, 4) is 0 Å². The molecule has 1 heterocycles. The van der Waals surface area contributed by atoms with Gasteiger partial charge in [0.2, 0.25) is 5.91 Å². The molecule has 0 atom stereocenters. The standard InChI is InChI=1S/C24H39N5O2/c1-25-23(26-14-11-22(30)28(2)19-21-9-5-3-6-10-21)27-20-24(12-7-4-8-13-24)29-15-17-31-18-16-29/h3,5-6,9-10H,4,7-8,11-20H2,1-2H3,(H2,25,26,27). The molecule has 2 aliphatic rings. The molecule has 0 spiro atoms. The Labute approximate surface area is 187 Å². The lowest BCUT2D eigenvalue weighted by atomic mass is 9.80. The first-order valence-electron chi connectivity index (χ1n) is 11.7. The summed E-state index contributed by atoms with van der Waals surface area (Å²) in [5, 5.41) is 6.88. The van der Waals surface area contributed by atoms with Crippen LogP contribution < -0.4 is 10.6 Å². The van der Waals surface area contributed by atoms with E-state index >= 15 is 0 Å². The lowest BCUT2D eigenvalue weighted by Crippen LogP contribution is -2.60. The number of benzene rings is 1. The van der Waals surface area contributed by atoms with Gasteiger partial charge in [0.05, 0.1) is 13.2 Å². The highest BCUT2D eigenvalue weighted by Crippen LogP contribution is 2.33. The zero-order valence-corrected chi connectivity index (χ0v) is 19.2. The minimum absolute atomic E-state index is 0.129. The van der Waals surface area contributed by atoms with Crippen molar-refractivity contribution >= 4 is 11.9 Å². The molecule has 1 saturated heterocycles. The number of hydrogen-bond acceptors (Lipinski definition) is 4. The molecule has 7 nitrogen and oxygen atoms in total. The van der Waals surface area contributed by atoms with Gasteiger partial charge in [0, 0.05) is 58.8 Å². The molecular weight excluding hydrogens is 390 g/mol. The topological polar surface area (TPSA) is 69.2 Å². The number of carbonyl (C=O) groups excluding carboxylic acids is 1. The van der Waals surface area contributed by atoms with E-state index in [-0.39, 0.29) is 11.4 Å². The van der Waals surface area contributed by atoms with E-state index < -0.39 is 0 Å². The fraction of sp³-hybridized carbons (Fsp3) is 0.667. The molecule has 2 fully saturated rings. The van der Waals surface area contributed by atoms with Gasteiger partial charge in [0.15, 0.2) is 5.96 Å². The van der Waals surface area contributed by atoms with Crippen LogP contribution in [0.15, 0.2) is 35.3 Å². The normalized spacial score (nSPS) is 19.6. The van der Waals surface area contributed by atoms with Crippen molar-refractivity contribution in [3.63, 3.8) is 0 Å². The van der Waals surface area contributed by atoms with E-state index in [0.29, 0.717) is 19.5 Å². The molecule has 0 aromatic heterocycles. The molecule has 0 bridgehead atoms.